The number of rotatable bonds is 6. The van der Waals surface area contributed by atoms with Crippen LogP contribution < -0.4 is 0 Å². The number of thiazole rings is 1. The highest BCUT2D eigenvalue weighted by atomic mass is 32.1. The van der Waals surface area contributed by atoms with E-state index >= 15 is 0 Å². The fourth-order valence-corrected chi connectivity index (χ4v) is 3.04. The van der Waals surface area contributed by atoms with Crippen LogP contribution in [0.1, 0.15) is 11.8 Å². The van der Waals surface area contributed by atoms with E-state index in [-0.39, 0.29) is 5.82 Å². The molecule has 0 saturated heterocycles. The number of aliphatic carboxylic acids is 1. The minimum absolute atomic E-state index is 0.286. The summed E-state index contributed by atoms with van der Waals surface area (Å²) in [7, 11) is 1.86. The Labute approximate surface area is 126 Å². The van der Waals surface area contributed by atoms with E-state index in [1.807, 2.05) is 11.9 Å². The van der Waals surface area contributed by atoms with Gasteiger partial charge in [-0.3, -0.25) is 4.79 Å². The number of carboxylic acids is 1. The number of carbonyl (C=O) groups is 1. The minimum atomic E-state index is -0.807. The van der Waals surface area contributed by atoms with Gasteiger partial charge in [0, 0.05) is 29.7 Å². The fourth-order valence-electron chi connectivity index (χ4n) is 2.02. The Morgan fingerprint density at radius 3 is 2.86 bits per heavy atom. The Balaban J connectivity index is 2.04. The first-order chi connectivity index (χ1) is 9.97. The highest BCUT2D eigenvalue weighted by Gasteiger charge is 2.15. The van der Waals surface area contributed by atoms with Gasteiger partial charge in [-0.2, -0.15) is 0 Å². The molecule has 6 heteroatoms. The second kappa shape index (κ2) is 6.78. The zero-order valence-electron chi connectivity index (χ0n) is 11.9. The van der Waals surface area contributed by atoms with E-state index in [0.29, 0.717) is 23.7 Å². The van der Waals surface area contributed by atoms with E-state index in [9.17, 15) is 9.18 Å². The van der Waals surface area contributed by atoms with Gasteiger partial charge in [-0.1, -0.05) is 19.1 Å². The number of carboxylic acid groups (broad SMARTS) is 1. The SMILES string of the molecule is CC(CN(C)Cc1cnc(-c2ccccc2F)s1)C(=O)O. The molecule has 0 aliphatic rings. The maximum Gasteiger partial charge on any atom is 0.307 e. The molecule has 1 heterocycles. The van der Waals surface area contributed by atoms with Gasteiger partial charge in [0.2, 0.25) is 0 Å². The Morgan fingerprint density at radius 1 is 1.48 bits per heavy atom. The minimum Gasteiger partial charge on any atom is -0.481 e. The molecule has 21 heavy (non-hydrogen) atoms. The summed E-state index contributed by atoms with van der Waals surface area (Å²) in [5, 5.41) is 9.54. The summed E-state index contributed by atoms with van der Waals surface area (Å²) in [6.07, 6.45) is 1.72. The van der Waals surface area contributed by atoms with Gasteiger partial charge in [0.1, 0.15) is 10.8 Å². The Kier molecular flexibility index (Phi) is 5.03. The predicted molar refractivity (Wildman–Crippen MR) is 80.6 cm³/mol. The van der Waals surface area contributed by atoms with Crippen LogP contribution in [0.5, 0.6) is 0 Å². The molecular weight excluding hydrogens is 291 g/mol. The van der Waals surface area contributed by atoms with E-state index in [4.69, 9.17) is 5.11 Å². The van der Waals surface area contributed by atoms with E-state index in [1.165, 1.54) is 17.4 Å². The average molecular weight is 308 g/mol. The number of halogens is 1. The van der Waals surface area contributed by atoms with Crippen molar-refractivity contribution in [1.82, 2.24) is 9.88 Å². The number of hydrogen-bond donors (Lipinski definition) is 1. The second-order valence-corrected chi connectivity index (χ2v) is 6.16. The van der Waals surface area contributed by atoms with E-state index in [0.717, 1.165) is 4.88 Å². The molecular formula is C15H17FN2O2S. The predicted octanol–water partition coefficient (Wildman–Crippen LogP) is 3.10. The van der Waals surface area contributed by atoms with Crippen LogP contribution in [-0.2, 0) is 11.3 Å². The van der Waals surface area contributed by atoms with Crippen LogP contribution in [-0.4, -0.2) is 34.6 Å². The summed E-state index contributed by atoms with van der Waals surface area (Å²) in [5.74, 6) is -1.52. The third-order valence-electron chi connectivity index (χ3n) is 3.09. The Bertz CT molecular complexity index is 630. The van der Waals surface area contributed by atoms with Crippen molar-refractivity contribution in [3.8, 4) is 10.6 Å². The lowest BCUT2D eigenvalue weighted by Crippen LogP contribution is -2.27. The maximum absolute atomic E-state index is 13.7. The van der Waals surface area contributed by atoms with Crippen molar-refractivity contribution in [2.24, 2.45) is 5.92 Å². The topological polar surface area (TPSA) is 53.4 Å². The Hall–Kier alpha value is -1.79. The summed E-state index contributed by atoms with van der Waals surface area (Å²) >= 11 is 1.42. The van der Waals surface area contributed by atoms with Gasteiger partial charge in [-0.15, -0.1) is 11.3 Å². The molecule has 0 aliphatic carbocycles. The zero-order valence-corrected chi connectivity index (χ0v) is 12.7. The van der Waals surface area contributed by atoms with Gasteiger partial charge < -0.3 is 10.0 Å². The largest absolute Gasteiger partial charge is 0.481 e. The molecule has 1 aromatic heterocycles. The lowest BCUT2D eigenvalue weighted by atomic mass is 10.2. The molecule has 4 nitrogen and oxygen atoms in total. The van der Waals surface area contributed by atoms with E-state index in [1.54, 1.807) is 31.3 Å². The van der Waals surface area contributed by atoms with Crippen molar-refractivity contribution < 1.29 is 14.3 Å². The summed E-state index contributed by atoms with van der Waals surface area (Å²) in [6.45, 7) is 2.74. The number of hydrogen-bond acceptors (Lipinski definition) is 4. The fraction of sp³-hybridized carbons (Fsp3) is 0.333. The average Bonchev–Trinajstić information content (AvgIpc) is 2.87. The lowest BCUT2D eigenvalue weighted by Gasteiger charge is -2.17. The van der Waals surface area contributed by atoms with Crippen molar-refractivity contribution in [3.63, 3.8) is 0 Å². The molecule has 1 aromatic carbocycles. The van der Waals surface area contributed by atoms with Crippen LogP contribution in [0.3, 0.4) is 0 Å². The molecule has 0 fully saturated rings. The highest BCUT2D eigenvalue weighted by molar-refractivity contribution is 7.15. The second-order valence-electron chi connectivity index (χ2n) is 5.05. The molecule has 0 spiro atoms. The molecule has 0 saturated carbocycles. The number of aromatic nitrogens is 1. The quantitative estimate of drug-likeness (QED) is 0.891. The van der Waals surface area contributed by atoms with Gasteiger partial charge in [-0.05, 0) is 19.2 Å². The summed E-state index contributed by atoms with van der Waals surface area (Å²) in [6, 6.07) is 6.54. The summed E-state index contributed by atoms with van der Waals surface area (Å²) < 4.78 is 13.7. The van der Waals surface area contributed by atoms with Crippen LogP contribution in [0.25, 0.3) is 10.6 Å². The van der Waals surface area contributed by atoms with E-state index < -0.39 is 11.9 Å². The molecule has 0 radical (unpaired) electrons. The molecule has 1 atom stereocenters. The van der Waals surface area contributed by atoms with Crippen LogP contribution in [0, 0.1) is 11.7 Å². The summed E-state index contributed by atoms with van der Waals surface area (Å²) in [5.41, 5.74) is 0.496. The van der Waals surface area contributed by atoms with Crippen molar-refractivity contribution in [2.45, 2.75) is 13.5 Å². The molecule has 112 valence electrons. The van der Waals surface area contributed by atoms with E-state index in [2.05, 4.69) is 4.98 Å². The van der Waals surface area contributed by atoms with Crippen molar-refractivity contribution in [3.05, 3.63) is 41.2 Å². The van der Waals surface area contributed by atoms with Crippen LogP contribution in [0.15, 0.2) is 30.5 Å². The highest BCUT2D eigenvalue weighted by Crippen LogP contribution is 2.27. The third kappa shape index (κ3) is 4.09. The van der Waals surface area contributed by atoms with Crippen LogP contribution in [0.4, 0.5) is 4.39 Å². The smallest absolute Gasteiger partial charge is 0.307 e. The van der Waals surface area contributed by atoms with Crippen LogP contribution >= 0.6 is 11.3 Å². The zero-order chi connectivity index (χ0) is 15.4. The first-order valence-corrected chi connectivity index (χ1v) is 7.40. The molecule has 0 bridgehead atoms. The molecule has 1 unspecified atom stereocenters. The molecule has 2 aromatic rings. The number of nitrogens with zero attached hydrogens (tertiary/aromatic N) is 2. The first kappa shape index (κ1) is 15.6. The van der Waals surface area contributed by atoms with Gasteiger partial charge >= 0.3 is 5.97 Å². The summed E-state index contributed by atoms with van der Waals surface area (Å²) in [4.78, 5) is 18.0. The monoisotopic (exact) mass is 308 g/mol. The molecule has 0 amide bonds. The van der Waals surface area contributed by atoms with Gasteiger partial charge in [0.15, 0.2) is 0 Å². The van der Waals surface area contributed by atoms with Gasteiger partial charge in [-0.25, -0.2) is 9.37 Å². The normalized spacial score (nSPS) is 12.6. The molecule has 2 rings (SSSR count). The lowest BCUT2D eigenvalue weighted by molar-refractivity contribution is -0.141. The van der Waals surface area contributed by atoms with Crippen molar-refractivity contribution in [1.29, 1.82) is 0 Å². The van der Waals surface area contributed by atoms with Crippen molar-refractivity contribution >= 4 is 17.3 Å². The third-order valence-corrected chi connectivity index (χ3v) is 4.11. The Morgan fingerprint density at radius 2 is 2.19 bits per heavy atom. The number of benzene rings is 1. The van der Waals surface area contributed by atoms with Gasteiger partial charge in [0.05, 0.1) is 5.92 Å². The molecule has 0 aliphatic heterocycles. The molecule has 1 N–H and O–H groups in total. The first-order valence-electron chi connectivity index (χ1n) is 6.58. The van der Waals surface area contributed by atoms with Crippen molar-refractivity contribution in [2.75, 3.05) is 13.6 Å². The van der Waals surface area contributed by atoms with Crippen LogP contribution in [0.2, 0.25) is 0 Å². The van der Waals surface area contributed by atoms with Gasteiger partial charge in [0.25, 0.3) is 0 Å². The maximum atomic E-state index is 13.7. The standard InChI is InChI=1S/C15H17FN2O2S/c1-10(15(19)20)8-18(2)9-11-7-17-14(21-11)12-5-3-4-6-13(12)16/h3-7,10H,8-9H2,1-2H3,(H,19,20).